The molecule has 2 heterocycles. The summed E-state index contributed by atoms with van der Waals surface area (Å²) in [6.45, 7) is 2.60. The van der Waals surface area contributed by atoms with E-state index in [0.717, 1.165) is 0 Å². The van der Waals surface area contributed by atoms with Crippen molar-refractivity contribution >= 4 is 34.9 Å². The fourth-order valence-corrected chi connectivity index (χ4v) is 1.96. The van der Waals surface area contributed by atoms with E-state index in [1.54, 1.807) is 29.0 Å². The van der Waals surface area contributed by atoms with Crippen LogP contribution in [0.4, 0.5) is 5.82 Å². The van der Waals surface area contributed by atoms with Gasteiger partial charge in [0.1, 0.15) is 11.5 Å². The first kappa shape index (κ1) is 12.9. The van der Waals surface area contributed by atoms with Crippen LogP contribution >= 0.6 is 23.2 Å². The highest BCUT2D eigenvalue weighted by atomic mass is 35.5. The van der Waals surface area contributed by atoms with E-state index >= 15 is 0 Å². The van der Waals surface area contributed by atoms with Gasteiger partial charge in [0.2, 0.25) is 0 Å². The van der Waals surface area contributed by atoms with Gasteiger partial charge in [0.05, 0.1) is 5.02 Å². The zero-order valence-corrected chi connectivity index (χ0v) is 11.2. The highest BCUT2D eigenvalue weighted by Crippen LogP contribution is 2.17. The van der Waals surface area contributed by atoms with E-state index in [2.05, 4.69) is 10.3 Å². The summed E-state index contributed by atoms with van der Waals surface area (Å²) in [4.78, 5) is 16.1. The molecule has 1 N–H and O–H groups in total. The molecule has 0 saturated carbocycles. The number of hydrogen-bond donors (Lipinski definition) is 1. The molecule has 0 aromatic carbocycles. The maximum Gasteiger partial charge on any atom is 0.273 e. The lowest BCUT2D eigenvalue weighted by molar-refractivity contribution is 0.101. The Balaban J connectivity index is 2.21. The summed E-state index contributed by atoms with van der Waals surface area (Å²) in [5.41, 5.74) is 0.490. The Morgan fingerprint density at radius 1 is 1.39 bits per heavy atom. The van der Waals surface area contributed by atoms with Crippen LogP contribution in [-0.2, 0) is 6.54 Å². The van der Waals surface area contributed by atoms with Gasteiger partial charge in [-0.15, -0.1) is 0 Å². The zero-order valence-electron chi connectivity index (χ0n) is 9.65. The number of anilines is 1. The quantitative estimate of drug-likeness (QED) is 0.938. The van der Waals surface area contributed by atoms with Gasteiger partial charge in [-0.3, -0.25) is 4.79 Å². The van der Waals surface area contributed by atoms with Crippen LogP contribution in [0, 0.1) is 0 Å². The highest BCUT2D eigenvalue weighted by Gasteiger charge is 2.13. The third-order valence-electron chi connectivity index (χ3n) is 2.40. The first-order chi connectivity index (χ1) is 8.60. The molecule has 18 heavy (non-hydrogen) atoms. The van der Waals surface area contributed by atoms with E-state index in [0.29, 0.717) is 28.1 Å². The Morgan fingerprint density at radius 3 is 2.83 bits per heavy atom. The van der Waals surface area contributed by atoms with E-state index in [-0.39, 0.29) is 5.91 Å². The van der Waals surface area contributed by atoms with Crippen molar-refractivity contribution in [2.24, 2.45) is 0 Å². The van der Waals surface area contributed by atoms with Crippen molar-refractivity contribution < 1.29 is 4.79 Å². The minimum atomic E-state index is -0.265. The minimum absolute atomic E-state index is 0.265. The Hall–Kier alpha value is -1.52. The van der Waals surface area contributed by atoms with Crippen molar-refractivity contribution in [2.45, 2.75) is 13.5 Å². The SMILES string of the molecule is CCn1cc(Cl)cc1C(=O)Nc1cc(Cl)ccn1. The van der Waals surface area contributed by atoms with Crippen molar-refractivity contribution in [3.05, 3.63) is 46.3 Å². The van der Waals surface area contributed by atoms with E-state index in [9.17, 15) is 4.79 Å². The maximum atomic E-state index is 12.0. The fourth-order valence-electron chi connectivity index (χ4n) is 1.58. The summed E-state index contributed by atoms with van der Waals surface area (Å²) in [7, 11) is 0. The maximum absolute atomic E-state index is 12.0. The molecule has 0 aliphatic rings. The number of amides is 1. The Bertz CT molecular complexity index is 580. The molecule has 2 rings (SSSR count). The minimum Gasteiger partial charge on any atom is -0.342 e. The molecule has 0 saturated heterocycles. The third-order valence-corrected chi connectivity index (χ3v) is 2.84. The van der Waals surface area contributed by atoms with Crippen LogP contribution in [0.2, 0.25) is 10.0 Å². The van der Waals surface area contributed by atoms with Crippen LogP contribution in [0.25, 0.3) is 0 Å². The summed E-state index contributed by atoms with van der Waals surface area (Å²) in [6.07, 6.45) is 3.24. The van der Waals surface area contributed by atoms with E-state index in [4.69, 9.17) is 23.2 Å². The number of carbonyl (C=O) groups excluding carboxylic acids is 1. The second kappa shape index (κ2) is 5.42. The number of nitrogens with one attached hydrogen (secondary N) is 1. The van der Waals surface area contributed by atoms with Crippen LogP contribution in [0.3, 0.4) is 0 Å². The van der Waals surface area contributed by atoms with Crippen molar-refractivity contribution in [1.82, 2.24) is 9.55 Å². The third kappa shape index (κ3) is 2.83. The van der Waals surface area contributed by atoms with Crippen LogP contribution < -0.4 is 5.32 Å². The molecule has 4 nitrogen and oxygen atoms in total. The summed E-state index contributed by atoms with van der Waals surface area (Å²) in [5.74, 6) is 0.144. The van der Waals surface area contributed by atoms with Crippen LogP contribution in [0.15, 0.2) is 30.6 Å². The molecule has 2 aromatic heterocycles. The van der Waals surface area contributed by atoms with Crippen molar-refractivity contribution in [2.75, 3.05) is 5.32 Å². The number of halogens is 2. The molecule has 0 fully saturated rings. The first-order valence-electron chi connectivity index (χ1n) is 5.38. The summed E-state index contributed by atoms with van der Waals surface area (Å²) < 4.78 is 1.77. The topological polar surface area (TPSA) is 46.9 Å². The Kier molecular flexibility index (Phi) is 3.89. The molecule has 1 amide bonds. The van der Waals surface area contributed by atoms with Gasteiger partial charge in [0.25, 0.3) is 5.91 Å². The molecule has 94 valence electrons. The predicted octanol–water partition coefficient (Wildman–Crippen LogP) is 3.46. The smallest absolute Gasteiger partial charge is 0.273 e. The van der Waals surface area contributed by atoms with Gasteiger partial charge < -0.3 is 9.88 Å². The van der Waals surface area contributed by atoms with Crippen molar-refractivity contribution in [1.29, 1.82) is 0 Å². The van der Waals surface area contributed by atoms with Gasteiger partial charge in [0.15, 0.2) is 0 Å². The molecule has 0 aliphatic carbocycles. The van der Waals surface area contributed by atoms with Crippen molar-refractivity contribution in [3.63, 3.8) is 0 Å². The fraction of sp³-hybridized carbons (Fsp3) is 0.167. The largest absolute Gasteiger partial charge is 0.342 e. The molecular weight excluding hydrogens is 273 g/mol. The molecule has 2 aromatic rings. The number of carbonyl (C=O) groups is 1. The van der Waals surface area contributed by atoms with Crippen LogP contribution in [0.1, 0.15) is 17.4 Å². The average molecular weight is 284 g/mol. The summed E-state index contributed by atoms with van der Waals surface area (Å²) in [5, 5.41) is 3.72. The first-order valence-corrected chi connectivity index (χ1v) is 6.14. The number of pyridine rings is 1. The molecular formula is C12H11Cl2N3O. The molecule has 0 unspecified atom stereocenters. The van der Waals surface area contributed by atoms with Gasteiger partial charge in [0, 0.05) is 24.0 Å². The van der Waals surface area contributed by atoms with Crippen LogP contribution in [-0.4, -0.2) is 15.5 Å². The standard InChI is InChI=1S/C12H11Cl2N3O/c1-2-17-7-9(14)5-10(17)12(18)16-11-6-8(13)3-4-15-11/h3-7H,2H2,1H3,(H,15,16,18). The lowest BCUT2D eigenvalue weighted by atomic mass is 10.4. The predicted molar refractivity (Wildman–Crippen MR) is 72.3 cm³/mol. The Labute approximate surface area is 115 Å². The van der Waals surface area contributed by atoms with Gasteiger partial charge in [-0.05, 0) is 25.1 Å². The number of nitrogens with zero attached hydrogens (tertiary/aromatic N) is 2. The highest BCUT2D eigenvalue weighted by molar-refractivity contribution is 6.31. The van der Waals surface area contributed by atoms with Gasteiger partial charge in [-0.2, -0.15) is 0 Å². The molecule has 0 atom stereocenters. The second-order valence-electron chi connectivity index (χ2n) is 3.64. The normalized spacial score (nSPS) is 10.4. The number of aromatic nitrogens is 2. The Morgan fingerprint density at radius 2 is 2.17 bits per heavy atom. The van der Waals surface area contributed by atoms with E-state index in [1.807, 2.05) is 6.92 Å². The lowest BCUT2D eigenvalue weighted by Crippen LogP contribution is -2.17. The zero-order chi connectivity index (χ0) is 13.1. The molecule has 0 radical (unpaired) electrons. The van der Waals surface area contributed by atoms with Gasteiger partial charge in [-0.1, -0.05) is 23.2 Å². The molecule has 0 bridgehead atoms. The van der Waals surface area contributed by atoms with Gasteiger partial charge in [-0.25, -0.2) is 4.98 Å². The second-order valence-corrected chi connectivity index (χ2v) is 4.52. The van der Waals surface area contributed by atoms with Gasteiger partial charge >= 0.3 is 0 Å². The number of hydrogen-bond acceptors (Lipinski definition) is 2. The molecule has 6 heteroatoms. The lowest BCUT2D eigenvalue weighted by Gasteiger charge is -2.07. The number of rotatable bonds is 3. The molecule has 0 aliphatic heterocycles. The monoisotopic (exact) mass is 283 g/mol. The summed E-state index contributed by atoms with van der Waals surface area (Å²) >= 11 is 11.7. The summed E-state index contributed by atoms with van der Waals surface area (Å²) in [6, 6.07) is 4.84. The van der Waals surface area contributed by atoms with Crippen molar-refractivity contribution in [3.8, 4) is 0 Å². The molecule has 0 spiro atoms. The number of aryl methyl sites for hydroxylation is 1. The average Bonchev–Trinajstić information content (AvgIpc) is 2.70. The van der Waals surface area contributed by atoms with E-state index < -0.39 is 0 Å². The van der Waals surface area contributed by atoms with E-state index in [1.165, 1.54) is 6.20 Å². The van der Waals surface area contributed by atoms with Crippen LogP contribution in [0.5, 0.6) is 0 Å².